The van der Waals surface area contributed by atoms with Gasteiger partial charge < -0.3 is 4.74 Å². The monoisotopic (exact) mass is 433 g/mol. The largest absolute Gasteiger partial charge is 0.497 e. The maximum absolute atomic E-state index is 12.8. The number of sulfonamides is 1. The number of nitrogens with one attached hydrogen (secondary N) is 1. The standard InChI is InChI=1S/C24H23N3O3S/c1-18-8-14-23(15-9-18)31(28,29)25-16-20-17-27(21-6-4-3-5-7-21)26-24(20)19-10-12-22(30-2)13-11-19/h3-15,17,25H,16H2,1-2H3. The van der Waals surface area contributed by atoms with E-state index in [2.05, 4.69) is 4.72 Å². The molecule has 0 saturated heterocycles. The van der Waals surface area contributed by atoms with E-state index in [1.54, 1.807) is 36.1 Å². The van der Waals surface area contributed by atoms with Gasteiger partial charge in [0.1, 0.15) is 5.75 Å². The van der Waals surface area contributed by atoms with Crippen LogP contribution in [-0.4, -0.2) is 25.3 Å². The van der Waals surface area contributed by atoms with E-state index in [9.17, 15) is 8.42 Å². The normalized spacial score (nSPS) is 11.4. The minimum absolute atomic E-state index is 0.115. The van der Waals surface area contributed by atoms with Crippen molar-refractivity contribution in [3.8, 4) is 22.7 Å². The fourth-order valence-corrected chi connectivity index (χ4v) is 4.22. The molecule has 0 bridgehead atoms. The summed E-state index contributed by atoms with van der Waals surface area (Å²) in [6.45, 7) is 2.04. The van der Waals surface area contributed by atoms with Crippen LogP contribution in [0.5, 0.6) is 5.75 Å². The van der Waals surface area contributed by atoms with Crippen LogP contribution < -0.4 is 9.46 Å². The minimum atomic E-state index is -3.65. The van der Waals surface area contributed by atoms with Gasteiger partial charge >= 0.3 is 0 Å². The molecule has 0 fully saturated rings. The van der Waals surface area contributed by atoms with Gasteiger partial charge in [0, 0.05) is 23.9 Å². The molecule has 4 rings (SSSR count). The van der Waals surface area contributed by atoms with Crippen LogP contribution in [0, 0.1) is 6.92 Å². The molecule has 158 valence electrons. The third-order valence-electron chi connectivity index (χ3n) is 4.96. The van der Waals surface area contributed by atoms with E-state index in [4.69, 9.17) is 9.84 Å². The highest BCUT2D eigenvalue weighted by atomic mass is 32.2. The molecule has 0 aliphatic rings. The number of rotatable bonds is 7. The molecule has 0 radical (unpaired) electrons. The van der Waals surface area contributed by atoms with E-state index >= 15 is 0 Å². The Labute approximate surface area is 182 Å². The number of hydrogen-bond acceptors (Lipinski definition) is 4. The third-order valence-corrected chi connectivity index (χ3v) is 6.38. The quantitative estimate of drug-likeness (QED) is 0.471. The second-order valence-electron chi connectivity index (χ2n) is 7.15. The average molecular weight is 434 g/mol. The van der Waals surface area contributed by atoms with Crippen molar-refractivity contribution < 1.29 is 13.2 Å². The fraction of sp³-hybridized carbons (Fsp3) is 0.125. The molecule has 1 N–H and O–H groups in total. The first-order valence-electron chi connectivity index (χ1n) is 9.81. The molecule has 0 aliphatic heterocycles. The van der Waals surface area contributed by atoms with Gasteiger partial charge in [-0.25, -0.2) is 17.8 Å². The fourth-order valence-electron chi connectivity index (χ4n) is 3.22. The number of nitrogens with zero attached hydrogens (tertiary/aromatic N) is 2. The molecule has 3 aromatic carbocycles. The molecule has 0 saturated carbocycles. The lowest BCUT2D eigenvalue weighted by Crippen LogP contribution is -2.23. The van der Waals surface area contributed by atoms with Gasteiger partial charge in [0.15, 0.2) is 0 Å². The van der Waals surface area contributed by atoms with Crippen LogP contribution in [0.3, 0.4) is 0 Å². The van der Waals surface area contributed by atoms with Crippen molar-refractivity contribution >= 4 is 10.0 Å². The molecular formula is C24H23N3O3S. The smallest absolute Gasteiger partial charge is 0.240 e. The number of aromatic nitrogens is 2. The Hall–Kier alpha value is -3.42. The third kappa shape index (κ3) is 4.68. The minimum Gasteiger partial charge on any atom is -0.497 e. The van der Waals surface area contributed by atoms with Crippen LogP contribution >= 0.6 is 0 Å². The first-order valence-corrected chi connectivity index (χ1v) is 11.3. The lowest BCUT2D eigenvalue weighted by Gasteiger charge is -2.08. The summed E-state index contributed by atoms with van der Waals surface area (Å²) in [6, 6.07) is 24.0. The summed E-state index contributed by atoms with van der Waals surface area (Å²) >= 11 is 0. The molecule has 0 amide bonds. The van der Waals surface area contributed by atoms with Gasteiger partial charge in [-0.1, -0.05) is 35.9 Å². The van der Waals surface area contributed by atoms with Crippen molar-refractivity contribution in [3.05, 3.63) is 96.2 Å². The van der Waals surface area contributed by atoms with Crippen LogP contribution in [0.15, 0.2) is 90.0 Å². The van der Waals surface area contributed by atoms with Crippen molar-refractivity contribution in [1.82, 2.24) is 14.5 Å². The molecule has 1 heterocycles. The number of benzene rings is 3. The number of aryl methyl sites for hydroxylation is 1. The van der Waals surface area contributed by atoms with E-state index < -0.39 is 10.0 Å². The molecule has 1 aromatic heterocycles. The van der Waals surface area contributed by atoms with Crippen LogP contribution in [0.25, 0.3) is 16.9 Å². The van der Waals surface area contributed by atoms with Gasteiger partial charge in [-0.15, -0.1) is 0 Å². The Morgan fingerprint density at radius 3 is 2.26 bits per heavy atom. The van der Waals surface area contributed by atoms with Gasteiger partial charge in [0.2, 0.25) is 10.0 Å². The highest BCUT2D eigenvalue weighted by Gasteiger charge is 2.17. The van der Waals surface area contributed by atoms with Gasteiger partial charge in [-0.3, -0.25) is 0 Å². The zero-order valence-electron chi connectivity index (χ0n) is 17.3. The lowest BCUT2D eigenvalue weighted by atomic mass is 10.1. The van der Waals surface area contributed by atoms with E-state index in [1.807, 2.05) is 67.7 Å². The zero-order valence-corrected chi connectivity index (χ0v) is 18.1. The molecule has 0 atom stereocenters. The number of hydrogen-bond donors (Lipinski definition) is 1. The van der Waals surface area contributed by atoms with Crippen molar-refractivity contribution in [2.45, 2.75) is 18.4 Å². The molecule has 31 heavy (non-hydrogen) atoms. The van der Waals surface area contributed by atoms with Crippen LogP contribution in [-0.2, 0) is 16.6 Å². The topological polar surface area (TPSA) is 73.2 Å². The second kappa shape index (κ2) is 8.75. The predicted octanol–water partition coefficient (Wildman–Crippen LogP) is 4.33. The summed E-state index contributed by atoms with van der Waals surface area (Å²) in [5, 5.41) is 4.73. The zero-order chi connectivity index (χ0) is 21.8. The highest BCUT2D eigenvalue weighted by Crippen LogP contribution is 2.26. The molecule has 0 unspecified atom stereocenters. The van der Waals surface area contributed by atoms with Crippen molar-refractivity contribution in [1.29, 1.82) is 0 Å². The summed E-state index contributed by atoms with van der Waals surface area (Å²) in [6.07, 6.45) is 1.85. The number of para-hydroxylation sites is 1. The van der Waals surface area contributed by atoms with Crippen LogP contribution in [0.2, 0.25) is 0 Å². The predicted molar refractivity (Wildman–Crippen MR) is 121 cm³/mol. The summed E-state index contributed by atoms with van der Waals surface area (Å²) in [4.78, 5) is 0.236. The van der Waals surface area contributed by atoms with Crippen LogP contribution in [0.4, 0.5) is 0 Å². The van der Waals surface area contributed by atoms with E-state index in [0.717, 1.165) is 28.1 Å². The lowest BCUT2D eigenvalue weighted by molar-refractivity contribution is 0.415. The molecule has 0 spiro atoms. The molecule has 0 aliphatic carbocycles. The highest BCUT2D eigenvalue weighted by molar-refractivity contribution is 7.89. The van der Waals surface area contributed by atoms with Gasteiger partial charge in [-0.2, -0.15) is 5.10 Å². The first kappa shape index (κ1) is 20.8. The number of methoxy groups -OCH3 is 1. The SMILES string of the molecule is COc1ccc(-c2nn(-c3ccccc3)cc2CNS(=O)(=O)c2ccc(C)cc2)cc1. The summed E-state index contributed by atoms with van der Waals surface area (Å²) in [5.74, 6) is 0.743. The van der Waals surface area contributed by atoms with Gasteiger partial charge in [0.05, 0.1) is 23.4 Å². The molecular weight excluding hydrogens is 410 g/mol. The van der Waals surface area contributed by atoms with E-state index in [0.29, 0.717) is 5.69 Å². The maximum atomic E-state index is 12.8. The van der Waals surface area contributed by atoms with Gasteiger partial charge in [0.25, 0.3) is 0 Å². The Kier molecular flexibility index (Phi) is 5.88. The summed E-state index contributed by atoms with van der Waals surface area (Å²) < 4.78 is 35.2. The average Bonchev–Trinajstić information content (AvgIpc) is 3.23. The Bertz CT molecular complexity index is 1260. The second-order valence-corrected chi connectivity index (χ2v) is 8.92. The molecule has 4 aromatic rings. The molecule has 7 heteroatoms. The van der Waals surface area contributed by atoms with E-state index in [-0.39, 0.29) is 11.4 Å². The molecule has 6 nitrogen and oxygen atoms in total. The van der Waals surface area contributed by atoms with Crippen molar-refractivity contribution in [2.75, 3.05) is 7.11 Å². The number of ether oxygens (including phenoxy) is 1. The summed E-state index contributed by atoms with van der Waals surface area (Å²) in [7, 11) is -2.03. The van der Waals surface area contributed by atoms with Crippen LogP contribution in [0.1, 0.15) is 11.1 Å². The Morgan fingerprint density at radius 2 is 1.61 bits per heavy atom. The Morgan fingerprint density at radius 1 is 0.935 bits per heavy atom. The Balaban J connectivity index is 1.68. The maximum Gasteiger partial charge on any atom is 0.240 e. The van der Waals surface area contributed by atoms with Gasteiger partial charge in [-0.05, 0) is 55.5 Å². The van der Waals surface area contributed by atoms with Crippen molar-refractivity contribution in [3.63, 3.8) is 0 Å². The van der Waals surface area contributed by atoms with E-state index in [1.165, 1.54) is 0 Å². The van der Waals surface area contributed by atoms with Crippen molar-refractivity contribution in [2.24, 2.45) is 0 Å². The first-order chi connectivity index (χ1) is 15.0. The summed E-state index contributed by atoms with van der Waals surface area (Å²) in [5.41, 5.74) is 4.25.